The normalized spacial score (nSPS) is 10.7. The largest absolute Gasteiger partial charge is 0.352 e. The van der Waals surface area contributed by atoms with Gasteiger partial charge in [-0.05, 0) is 11.6 Å². The van der Waals surface area contributed by atoms with E-state index in [1.54, 1.807) is 16.7 Å². The molecule has 2 heterocycles. The predicted octanol–water partition coefficient (Wildman–Crippen LogP) is 3.71. The van der Waals surface area contributed by atoms with Gasteiger partial charge in [-0.15, -0.1) is 24.5 Å². The van der Waals surface area contributed by atoms with Gasteiger partial charge in [0.1, 0.15) is 4.83 Å². The van der Waals surface area contributed by atoms with Gasteiger partial charge >= 0.3 is 0 Å². The number of aromatic nitrogens is 2. The molecule has 0 aliphatic rings. The monoisotopic (exact) mass is 397 g/mol. The lowest BCUT2D eigenvalue weighted by Crippen LogP contribution is -2.26. The topological polar surface area (TPSA) is 64.0 Å². The summed E-state index contributed by atoms with van der Waals surface area (Å²) in [5.41, 5.74) is 0.931. The molecule has 0 bridgehead atoms. The van der Waals surface area contributed by atoms with E-state index in [4.69, 9.17) is 0 Å². The van der Waals surface area contributed by atoms with Crippen molar-refractivity contribution in [2.45, 2.75) is 11.7 Å². The van der Waals surface area contributed by atoms with Crippen LogP contribution in [0.1, 0.15) is 0 Å². The van der Waals surface area contributed by atoms with E-state index in [1.807, 2.05) is 36.4 Å². The minimum atomic E-state index is -0.129. The highest BCUT2D eigenvalue weighted by Crippen LogP contribution is 2.32. The van der Waals surface area contributed by atoms with Crippen LogP contribution in [0.4, 0.5) is 0 Å². The molecule has 0 radical (unpaired) electrons. The molecule has 0 spiro atoms. The number of fused-ring (bicyclic) bond motifs is 1. The molecule has 138 valence electrons. The van der Waals surface area contributed by atoms with Crippen LogP contribution in [0.25, 0.3) is 20.7 Å². The second kappa shape index (κ2) is 8.83. The van der Waals surface area contributed by atoms with Crippen molar-refractivity contribution in [3.8, 4) is 10.4 Å². The molecule has 3 rings (SSSR count). The van der Waals surface area contributed by atoms with E-state index in [0.717, 1.165) is 10.4 Å². The molecule has 0 atom stereocenters. The maximum absolute atomic E-state index is 13.0. The fraction of sp³-hybridized carbons (Fsp3) is 0.150. The Hall–Kier alpha value is -2.64. The van der Waals surface area contributed by atoms with Crippen LogP contribution in [0.5, 0.6) is 0 Å². The summed E-state index contributed by atoms with van der Waals surface area (Å²) in [5.74, 6) is 0.0513. The first kappa shape index (κ1) is 19.1. The van der Waals surface area contributed by atoms with Gasteiger partial charge in [0.15, 0.2) is 5.16 Å². The molecular weight excluding hydrogens is 378 g/mol. The zero-order valence-electron chi connectivity index (χ0n) is 14.7. The van der Waals surface area contributed by atoms with Crippen molar-refractivity contribution in [1.29, 1.82) is 0 Å². The van der Waals surface area contributed by atoms with Crippen LogP contribution in [0.3, 0.4) is 0 Å². The van der Waals surface area contributed by atoms with Crippen molar-refractivity contribution in [2.75, 3.05) is 12.3 Å². The van der Waals surface area contributed by atoms with Gasteiger partial charge in [-0.1, -0.05) is 54.2 Å². The van der Waals surface area contributed by atoms with Crippen molar-refractivity contribution in [2.24, 2.45) is 0 Å². The first-order chi connectivity index (χ1) is 13.1. The minimum absolute atomic E-state index is 0.118. The SMILES string of the molecule is C=CCNC(=O)CSc1nc2sc(-c3ccccc3)cc2c(=O)n1CC=C. The summed E-state index contributed by atoms with van der Waals surface area (Å²) in [4.78, 5) is 31.1. The third-order valence-electron chi connectivity index (χ3n) is 3.76. The zero-order valence-corrected chi connectivity index (χ0v) is 16.3. The number of benzene rings is 1. The van der Waals surface area contributed by atoms with Gasteiger partial charge < -0.3 is 5.32 Å². The maximum Gasteiger partial charge on any atom is 0.263 e. The quantitative estimate of drug-likeness (QED) is 0.358. The first-order valence-electron chi connectivity index (χ1n) is 8.35. The van der Waals surface area contributed by atoms with Crippen molar-refractivity contribution in [3.63, 3.8) is 0 Å². The number of hydrogen-bond donors (Lipinski definition) is 1. The predicted molar refractivity (Wildman–Crippen MR) is 113 cm³/mol. The summed E-state index contributed by atoms with van der Waals surface area (Å²) >= 11 is 2.72. The smallest absolute Gasteiger partial charge is 0.263 e. The number of carbonyl (C=O) groups excluding carboxylic acids is 1. The van der Waals surface area contributed by atoms with Gasteiger partial charge in [0, 0.05) is 18.0 Å². The molecule has 1 amide bonds. The molecule has 0 aliphatic heterocycles. The molecule has 0 fully saturated rings. The molecule has 0 saturated heterocycles. The Morgan fingerprint density at radius 2 is 2.04 bits per heavy atom. The van der Waals surface area contributed by atoms with Crippen LogP contribution in [0, 0.1) is 0 Å². The van der Waals surface area contributed by atoms with Crippen molar-refractivity contribution in [1.82, 2.24) is 14.9 Å². The lowest BCUT2D eigenvalue weighted by Gasteiger charge is -2.09. The van der Waals surface area contributed by atoms with E-state index >= 15 is 0 Å². The second-order valence-corrected chi connectivity index (χ2v) is 7.65. The van der Waals surface area contributed by atoms with E-state index < -0.39 is 0 Å². The fourth-order valence-electron chi connectivity index (χ4n) is 2.51. The molecule has 7 heteroatoms. The highest BCUT2D eigenvalue weighted by Gasteiger charge is 2.15. The Kier molecular flexibility index (Phi) is 6.26. The van der Waals surface area contributed by atoms with Gasteiger partial charge in [0.2, 0.25) is 5.91 Å². The van der Waals surface area contributed by atoms with E-state index in [1.165, 1.54) is 23.1 Å². The molecule has 27 heavy (non-hydrogen) atoms. The number of allylic oxidation sites excluding steroid dienone is 1. The van der Waals surface area contributed by atoms with Crippen molar-refractivity contribution < 1.29 is 4.79 Å². The van der Waals surface area contributed by atoms with Crippen LogP contribution in [0.2, 0.25) is 0 Å². The molecule has 0 saturated carbocycles. The molecule has 1 N–H and O–H groups in total. The van der Waals surface area contributed by atoms with E-state index in [-0.39, 0.29) is 17.2 Å². The molecular formula is C20H19N3O2S2. The summed E-state index contributed by atoms with van der Waals surface area (Å²) in [6.07, 6.45) is 3.28. The van der Waals surface area contributed by atoms with Crippen molar-refractivity contribution in [3.05, 3.63) is 72.1 Å². The number of nitrogens with zero attached hydrogens (tertiary/aromatic N) is 2. The van der Waals surface area contributed by atoms with Crippen LogP contribution in [0.15, 0.2) is 71.7 Å². The standard InChI is InChI=1S/C20H19N3O2S2/c1-3-10-21-17(24)13-26-20-22-18-15(19(25)23(20)11-4-2)12-16(27-18)14-8-6-5-7-9-14/h3-9,12H,1-2,10-11,13H2,(H,21,24). The van der Waals surface area contributed by atoms with Gasteiger partial charge in [0.05, 0.1) is 11.1 Å². The summed E-state index contributed by atoms with van der Waals surface area (Å²) in [6.45, 7) is 8.05. The van der Waals surface area contributed by atoms with Gasteiger partial charge in [-0.2, -0.15) is 0 Å². The molecule has 2 aromatic heterocycles. The number of carbonyl (C=O) groups is 1. The second-order valence-electron chi connectivity index (χ2n) is 5.68. The average Bonchev–Trinajstić information content (AvgIpc) is 3.12. The van der Waals surface area contributed by atoms with Crippen molar-refractivity contribution >= 4 is 39.2 Å². The molecule has 0 aliphatic carbocycles. The van der Waals surface area contributed by atoms with Crippen LogP contribution in [-0.2, 0) is 11.3 Å². The van der Waals surface area contributed by atoms with Crippen LogP contribution < -0.4 is 10.9 Å². The fourth-order valence-corrected chi connectivity index (χ4v) is 4.43. The van der Waals surface area contributed by atoms with Gasteiger partial charge in [-0.3, -0.25) is 14.2 Å². The summed E-state index contributed by atoms with van der Waals surface area (Å²) < 4.78 is 1.56. The summed E-state index contributed by atoms with van der Waals surface area (Å²) in [5, 5.41) is 3.82. The Balaban J connectivity index is 1.98. The van der Waals surface area contributed by atoms with E-state index in [2.05, 4.69) is 23.5 Å². The highest BCUT2D eigenvalue weighted by atomic mass is 32.2. The first-order valence-corrected chi connectivity index (χ1v) is 10.2. The Labute approximate surface area is 165 Å². The molecule has 3 aromatic rings. The number of nitrogens with one attached hydrogen (secondary N) is 1. The van der Waals surface area contributed by atoms with Crippen LogP contribution in [-0.4, -0.2) is 27.8 Å². The van der Waals surface area contributed by atoms with Gasteiger partial charge in [-0.25, -0.2) is 4.98 Å². The van der Waals surface area contributed by atoms with Gasteiger partial charge in [0.25, 0.3) is 5.56 Å². The number of hydrogen-bond acceptors (Lipinski definition) is 5. The number of thiophene rings is 1. The third-order valence-corrected chi connectivity index (χ3v) is 5.82. The molecule has 0 unspecified atom stereocenters. The minimum Gasteiger partial charge on any atom is -0.352 e. The average molecular weight is 398 g/mol. The van der Waals surface area contributed by atoms with Crippen LogP contribution >= 0.6 is 23.1 Å². The lowest BCUT2D eigenvalue weighted by atomic mass is 10.2. The summed E-state index contributed by atoms with van der Waals surface area (Å²) in [7, 11) is 0. The Bertz CT molecular complexity index is 1040. The molecule has 1 aromatic carbocycles. The molecule has 5 nitrogen and oxygen atoms in total. The lowest BCUT2D eigenvalue weighted by molar-refractivity contribution is -0.118. The van der Waals surface area contributed by atoms with E-state index in [0.29, 0.717) is 28.5 Å². The maximum atomic E-state index is 13.0. The number of thioether (sulfide) groups is 1. The highest BCUT2D eigenvalue weighted by molar-refractivity contribution is 7.99. The zero-order chi connectivity index (χ0) is 19.2. The number of amides is 1. The Morgan fingerprint density at radius 3 is 2.74 bits per heavy atom. The number of rotatable bonds is 8. The van der Waals surface area contributed by atoms with E-state index in [9.17, 15) is 9.59 Å². The third kappa shape index (κ3) is 4.37. The summed E-state index contributed by atoms with van der Waals surface area (Å²) in [6, 6.07) is 11.8. The Morgan fingerprint density at radius 1 is 1.26 bits per heavy atom.